The van der Waals surface area contributed by atoms with Gasteiger partial charge in [0, 0.05) is 13.1 Å². The highest BCUT2D eigenvalue weighted by Gasteiger charge is 2.13. The molecule has 2 rings (SSSR count). The molecule has 0 unspecified atom stereocenters. The molecular weight excluding hydrogens is 212 g/mol. The quantitative estimate of drug-likeness (QED) is 0.816. The zero-order valence-corrected chi connectivity index (χ0v) is 10.8. The van der Waals surface area contributed by atoms with Crippen LogP contribution in [0.1, 0.15) is 19.4 Å². The highest BCUT2D eigenvalue weighted by molar-refractivity contribution is 5.68. The van der Waals surface area contributed by atoms with Gasteiger partial charge in [0.15, 0.2) is 0 Å². The van der Waals surface area contributed by atoms with Gasteiger partial charge in [-0.15, -0.1) is 0 Å². The van der Waals surface area contributed by atoms with Crippen LogP contribution in [0.25, 0.3) is 0 Å². The number of ether oxygens (including phenoxy) is 1. The summed E-state index contributed by atoms with van der Waals surface area (Å²) < 4.78 is 5.35. The van der Waals surface area contributed by atoms with Crippen molar-refractivity contribution in [2.45, 2.75) is 20.3 Å². The molecule has 0 aliphatic carbocycles. The van der Waals surface area contributed by atoms with E-state index in [1.807, 2.05) is 0 Å². The van der Waals surface area contributed by atoms with Crippen molar-refractivity contribution in [2.75, 3.05) is 36.9 Å². The van der Waals surface area contributed by atoms with E-state index in [9.17, 15) is 0 Å². The van der Waals surface area contributed by atoms with E-state index in [-0.39, 0.29) is 0 Å². The van der Waals surface area contributed by atoms with Crippen LogP contribution in [-0.4, -0.2) is 26.3 Å². The summed E-state index contributed by atoms with van der Waals surface area (Å²) in [5.74, 6) is 0.670. The number of rotatable bonds is 3. The van der Waals surface area contributed by atoms with Gasteiger partial charge >= 0.3 is 0 Å². The van der Waals surface area contributed by atoms with Crippen LogP contribution in [-0.2, 0) is 11.2 Å². The molecule has 1 fully saturated rings. The maximum atomic E-state index is 6.15. The van der Waals surface area contributed by atoms with Crippen molar-refractivity contribution >= 4 is 11.4 Å². The number of anilines is 2. The molecule has 0 radical (unpaired) electrons. The minimum absolute atomic E-state index is 0.670. The molecule has 94 valence electrons. The van der Waals surface area contributed by atoms with Gasteiger partial charge in [-0.2, -0.15) is 0 Å². The third-order valence-electron chi connectivity index (χ3n) is 3.09. The molecule has 0 aromatic heterocycles. The molecule has 3 nitrogen and oxygen atoms in total. The number of benzene rings is 1. The molecule has 3 heteroatoms. The Kier molecular flexibility index (Phi) is 3.89. The van der Waals surface area contributed by atoms with Crippen LogP contribution in [0.15, 0.2) is 18.2 Å². The predicted molar refractivity (Wildman–Crippen MR) is 72.4 cm³/mol. The van der Waals surface area contributed by atoms with E-state index in [1.165, 1.54) is 5.56 Å². The lowest BCUT2D eigenvalue weighted by atomic mass is 10.0. The Labute approximate surface area is 104 Å². The summed E-state index contributed by atoms with van der Waals surface area (Å²) in [6.07, 6.45) is 1.09. The lowest BCUT2D eigenvalue weighted by molar-refractivity contribution is 0.123. The lowest BCUT2D eigenvalue weighted by Gasteiger charge is -2.30. The highest BCUT2D eigenvalue weighted by atomic mass is 16.5. The molecule has 1 heterocycles. The summed E-state index contributed by atoms with van der Waals surface area (Å²) in [7, 11) is 0. The smallest absolute Gasteiger partial charge is 0.0642 e. The zero-order chi connectivity index (χ0) is 12.3. The number of nitrogens with zero attached hydrogens (tertiary/aromatic N) is 1. The zero-order valence-electron chi connectivity index (χ0n) is 10.8. The van der Waals surface area contributed by atoms with Crippen LogP contribution in [0.5, 0.6) is 0 Å². The van der Waals surface area contributed by atoms with E-state index in [4.69, 9.17) is 10.5 Å². The van der Waals surface area contributed by atoms with Crippen molar-refractivity contribution in [1.29, 1.82) is 0 Å². The van der Waals surface area contributed by atoms with Gasteiger partial charge in [-0.3, -0.25) is 0 Å². The Morgan fingerprint density at radius 1 is 1.29 bits per heavy atom. The molecule has 1 saturated heterocycles. The van der Waals surface area contributed by atoms with Crippen molar-refractivity contribution in [2.24, 2.45) is 5.92 Å². The summed E-state index contributed by atoms with van der Waals surface area (Å²) in [6, 6.07) is 6.46. The first kappa shape index (κ1) is 12.2. The van der Waals surface area contributed by atoms with Gasteiger partial charge in [-0.05, 0) is 30.0 Å². The lowest BCUT2D eigenvalue weighted by Crippen LogP contribution is -2.36. The fourth-order valence-electron chi connectivity index (χ4n) is 2.29. The van der Waals surface area contributed by atoms with Gasteiger partial charge in [0.05, 0.1) is 24.6 Å². The van der Waals surface area contributed by atoms with E-state index >= 15 is 0 Å². The van der Waals surface area contributed by atoms with Crippen molar-refractivity contribution in [3.8, 4) is 0 Å². The van der Waals surface area contributed by atoms with Crippen LogP contribution in [0.3, 0.4) is 0 Å². The largest absolute Gasteiger partial charge is 0.397 e. The molecule has 2 N–H and O–H groups in total. The van der Waals surface area contributed by atoms with E-state index in [0.717, 1.165) is 44.1 Å². The minimum Gasteiger partial charge on any atom is -0.397 e. The van der Waals surface area contributed by atoms with E-state index in [2.05, 4.69) is 36.9 Å². The molecule has 1 aromatic carbocycles. The van der Waals surface area contributed by atoms with E-state index < -0.39 is 0 Å². The molecule has 0 amide bonds. The third kappa shape index (κ3) is 3.13. The first-order chi connectivity index (χ1) is 8.16. The van der Waals surface area contributed by atoms with Crippen LogP contribution in [0, 0.1) is 5.92 Å². The van der Waals surface area contributed by atoms with Gasteiger partial charge in [0.25, 0.3) is 0 Å². The molecule has 0 bridgehead atoms. The molecule has 17 heavy (non-hydrogen) atoms. The third-order valence-corrected chi connectivity index (χ3v) is 3.09. The molecule has 0 saturated carbocycles. The number of hydrogen-bond acceptors (Lipinski definition) is 3. The van der Waals surface area contributed by atoms with Gasteiger partial charge < -0.3 is 15.4 Å². The number of nitrogens with two attached hydrogens (primary N) is 1. The summed E-state index contributed by atoms with van der Waals surface area (Å²) in [6.45, 7) is 7.93. The van der Waals surface area contributed by atoms with Gasteiger partial charge in [0.1, 0.15) is 0 Å². The Hall–Kier alpha value is -1.22. The topological polar surface area (TPSA) is 38.5 Å². The van der Waals surface area contributed by atoms with Gasteiger partial charge in [-0.1, -0.05) is 19.9 Å². The summed E-state index contributed by atoms with van der Waals surface area (Å²) in [4.78, 5) is 2.30. The number of hydrogen-bond donors (Lipinski definition) is 1. The Morgan fingerprint density at radius 2 is 2.00 bits per heavy atom. The first-order valence-electron chi connectivity index (χ1n) is 6.38. The molecule has 0 spiro atoms. The molecule has 1 aliphatic rings. The Morgan fingerprint density at radius 3 is 2.59 bits per heavy atom. The van der Waals surface area contributed by atoms with E-state index in [0.29, 0.717) is 5.92 Å². The maximum Gasteiger partial charge on any atom is 0.0642 e. The minimum atomic E-state index is 0.670. The monoisotopic (exact) mass is 234 g/mol. The fraction of sp³-hybridized carbons (Fsp3) is 0.571. The van der Waals surface area contributed by atoms with Crippen LogP contribution < -0.4 is 10.6 Å². The van der Waals surface area contributed by atoms with Crippen molar-refractivity contribution in [1.82, 2.24) is 0 Å². The average Bonchev–Trinajstić information content (AvgIpc) is 2.29. The molecule has 0 atom stereocenters. The average molecular weight is 234 g/mol. The number of morpholine rings is 1. The van der Waals surface area contributed by atoms with Crippen LogP contribution in [0.2, 0.25) is 0 Å². The molecule has 1 aliphatic heterocycles. The van der Waals surface area contributed by atoms with Gasteiger partial charge in [0.2, 0.25) is 0 Å². The Balaban J connectivity index is 2.13. The second-order valence-electron chi connectivity index (χ2n) is 5.09. The fourth-order valence-corrected chi connectivity index (χ4v) is 2.29. The molecular formula is C14H22N2O. The second kappa shape index (κ2) is 5.41. The van der Waals surface area contributed by atoms with E-state index in [1.54, 1.807) is 0 Å². The summed E-state index contributed by atoms with van der Waals surface area (Å²) in [5, 5.41) is 0. The first-order valence-corrected chi connectivity index (χ1v) is 6.38. The van der Waals surface area contributed by atoms with Crippen LogP contribution >= 0.6 is 0 Å². The Bertz CT molecular complexity index is 370. The maximum absolute atomic E-state index is 6.15. The van der Waals surface area contributed by atoms with Crippen molar-refractivity contribution < 1.29 is 4.74 Å². The SMILES string of the molecule is CC(C)Cc1ccc(N2CCOCC2)c(N)c1. The standard InChI is InChI=1S/C14H22N2O/c1-11(2)9-12-3-4-14(13(15)10-12)16-5-7-17-8-6-16/h3-4,10-11H,5-9,15H2,1-2H3. The second-order valence-corrected chi connectivity index (χ2v) is 5.09. The number of nitrogen functional groups attached to an aromatic ring is 1. The highest BCUT2D eigenvalue weighted by Crippen LogP contribution is 2.26. The summed E-state index contributed by atoms with van der Waals surface area (Å²) in [5.41, 5.74) is 9.52. The van der Waals surface area contributed by atoms with Crippen molar-refractivity contribution in [3.63, 3.8) is 0 Å². The van der Waals surface area contributed by atoms with Gasteiger partial charge in [-0.25, -0.2) is 0 Å². The van der Waals surface area contributed by atoms with Crippen LogP contribution in [0.4, 0.5) is 11.4 Å². The normalized spacial score (nSPS) is 16.5. The van der Waals surface area contributed by atoms with Crippen molar-refractivity contribution in [3.05, 3.63) is 23.8 Å². The predicted octanol–water partition coefficient (Wildman–Crippen LogP) is 2.30. The molecule has 1 aromatic rings. The summed E-state index contributed by atoms with van der Waals surface area (Å²) >= 11 is 0.